The third-order valence-corrected chi connectivity index (χ3v) is 1.87. The number of amidine groups is 1. The summed E-state index contributed by atoms with van der Waals surface area (Å²) in [5.41, 5.74) is 0. The Hall–Kier alpha value is -0.730. The first-order chi connectivity index (χ1) is 5.74. The maximum atomic E-state index is 8.30. The third kappa shape index (κ3) is 4.99. The van der Waals surface area contributed by atoms with Gasteiger partial charge >= 0.3 is 0 Å². The van der Waals surface area contributed by atoms with E-state index in [0.29, 0.717) is 11.7 Å². The Kier molecular flexibility index (Phi) is 6.53. The second kappa shape index (κ2) is 6.95. The van der Waals surface area contributed by atoms with Gasteiger partial charge in [0, 0.05) is 7.11 Å². The molecule has 1 N–H and O–H groups in total. The summed E-state index contributed by atoms with van der Waals surface area (Å²) < 4.78 is 5.00. The minimum absolute atomic E-state index is 0.0904. The maximum Gasteiger partial charge on any atom is 0.183 e. The number of nitriles is 1. The summed E-state index contributed by atoms with van der Waals surface area (Å²) in [7, 11) is 1.64. The molecule has 0 aromatic heterocycles. The first-order valence-electron chi connectivity index (χ1n) is 3.51. The van der Waals surface area contributed by atoms with Crippen molar-refractivity contribution in [3.05, 3.63) is 0 Å². The van der Waals surface area contributed by atoms with Crippen LogP contribution < -0.4 is 5.32 Å². The van der Waals surface area contributed by atoms with E-state index in [2.05, 4.69) is 10.3 Å². The quantitative estimate of drug-likeness (QED) is 0.307. The zero-order valence-corrected chi connectivity index (χ0v) is 8.31. The molecule has 0 saturated heterocycles. The SMILES string of the molecule is COC(C)CN=C(NC#N)SC. The Morgan fingerprint density at radius 2 is 2.50 bits per heavy atom. The Labute approximate surface area is 77.0 Å². The summed E-state index contributed by atoms with van der Waals surface area (Å²) in [6, 6.07) is 0. The van der Waals surface area contributed by atoms with Crippen molar-refractivity contribution in [2.24, 2.45) is 4.99 Å². The van der Waals surface area contributed by atoms with Crippen LogP contribution in [0.1, 0.15) is 6.92 Å². The molecule has 0 aliphatic carbocycles. The van der Waals surface area contributed by atoms with E-state index < -0.39 is 0 Å². The number of nitrogens with one attached hydrogen (secondary N) is 1. The standard InChI is InChI=1S/C7H13N3OS/c1-6(11-2)4-9-7(12-3)10-5-8/h6H,4H2,1-3H3,(H,9,10). The van der Waals surface area contributed by atoms with E-state index in [-0.39, 0.29) is 6.10 Å². The molecule has 0 aliphatic rings. The molecule has 12 heavy (non-hydrogen) atoms. The predicted molar refractivity (Wildman–Crippen MR) is 51.0 cm³/mol. The van der Waals surface area contributed by atoms with Gasteiger partial charge in [-0.2, -0.15) is 5.26 Å². The molecule has 4 nitrogen and oxygen atoms in total. The van der Waals surface area contributed by atoms with Gasteiger partial charge in [0.1, 0.15) is 0 Å². The highest BCUT2D eigenvalue weighted by molar-refractivity contribution is 8.13. The van der Waals surface area contributed by atoms with Gasteiger partial charge in [0.05, 0.1) is 12.6 Å². The zero-order valence-electron chi connectivity index (χ0n) is 7.50. The summed E-state index contributed by atoms with van der Waals surface area (Å²) in [4.78, 5) is 4.12. The number of aliphatic imine (C=N–C) groups is 1. The summed E-state index contributed by atoms with van der Waals surface area (Å²) in [6.45, 7) is 2.50. The second-order valence-electron chi connectivity index (χ2n) is 2.13. The smallest absolute Gasteiger partial charge is 0.183 e. The molecule has 0 fully saturated rings. The van der Waals surface area contributed by atoms with E-state index in [4.69, 9.17) is 10.00 Å². The summed E-state index contributed by atoms with van der Waals surface area (Å²) >= 11 is 1.41. The molecule has 0 aromatic carbocycles. The fourth-order valence-electron chi connectivity index (χ4n) is 0.489. The van der Waals surface area contributed by atoms with Crippen molar-refractivity contribution in [1.82, 2.24) is 5.32 Å². The van der Waals surface area contributed by atoms with E-state index in [0.717, 1.165) is 0 Å². The number of nitrogens with zero attached hydrogens (tertiary/aromatic N) is 2. The van der Waals surface area contributed by atoms with Crippen molar-refractivity contribution >= 4 is 16.9 Å². The lowest BCUT2D eigenvalue weighted by atomic mass is 10.4. The predicted octanol–water partition coefficient (Wildman–Crippen LogP) is 0.811. The lowest BCUT2D eigenvalue weighted by Gasteiger charge is -2.05. The van der Waals surface area contributed by atoms with Gasteiger partial charge < -0.3 is 4.74 Å². The zero-order chi connectivity index (χ0) is 9.40. The molecular formula is C7H13N3OS. The number of rotatable bonds is 3. The van der Waals surface area contributed by atoms with Crippen LogP contribution >= 0.6 is 11.8 Å². The van der Waals surface area contributed by atoms with Crippen LogP contribution in [0.15, 0.2) is 4.99 Å². The van der Waals surface area contributed by atoms with Crippen molar-refractivity contribution in [1.29, 1.82) is 5.26 Å². The average molecular weight is 187 g/mol. The second-order valence-corrected chi connectivity index (χ2v) is 2.93. The molecule has 0 radical (unpaired) electrons. The van der Waals surface area contributed by atoms with Crippen LogP contribution in [-0.2, 0) is 4.74 Å². The van der Waals surface area contributed by atoms with Gasteiger partial charge in [0.2, 0.25) is 0 Å². The van der Waals surface area contributed by atoms with Gasteiger partial charge in [-0.1, -0.05) is 11.8 Å². The van der Waals surface area contributed by atoms with Crippen molar-refractivity contribution < 1.29 is 4.74 Å². The first-order valence-corrected chi connectivity index (χ1v) is 4.73. The van der Waals surface area contributed by atoms with Crippen molar-refractivity contribution in [2.45, 2.75) is 13.0 Å². The minimum atomic E-state index is 0.0904. The van der Waals surface area contributed by atoms with Crippen LogP contribution in [0, 0.1) is 11.5 Å². The van der Waals surface area contributed by atoms with Crippen molar-refractivity contribution in [3.63, 3.8) is 0 Å². The number of thioether (sulfide) groups is 1. The normalized spacial score (nSPS) is 13.7. The monoisotopic (exact) mass is 187 g/mol. The van der Waals surface area contributed by atoms with E-state index in [1.54, 1.807) is 7.11 Å². The van der Waals surface area contributed by atoms with Crippen LogP contribution in [0.2, 0.25) is 0 Å². The van der Waals surface area contributed by atoms with Gasteiger partial charge in [0.25, 0.3) is 0 Å². The molecule has 0 saturated carbocycles. The highest BCUT2D eigenvalue weighted by atomic mass is 32.2. The van der Waals surface area contributed by atoms with E-state index in [1.165, 1.54) is 11.8 Å². The lowest BCUT2D eigenvalue weighted by molar-refractivity contribution is 0.125. The average Bonchev–Trinajstić information content (AvgIpc) is 2.11. The Morgan fingerprint density at radius 1 is 1.83 bits per heavy atom. The van der Waals surface area contributed by atoms with Crippen LogP contribution in [0.3, 0.4) is 0 Å². The third-order valence-electron chi connectivity index (χ3n) is 1.25. The maximum absolute atomic E-state index is 8.30. The molecule has 68 valence electrons. The lowest BCUT2D eigenvalue weighted by Crippen LogP contribution is -2.17. The fourth-order valence-corrected chi connectivity index (χ4v) is 0.840. The largest absolute Gasteiger partial charge is 0.380 e. The first kappa shape index (κ1) is 11.3. The van der Waals surface area contributed by atoms with E-state index in [1.807, 2.05) is 19.4 Å². The Bertz CT molecular complexity index is 188. The van der Waals surface area contributed by atoms with Crippen LogP contribution in [0.5, 0.6) is 0 Å². The van der Waals surface area contributed by atoms with Crippen LogP contribution in [-0.4, -0.2) is 31.2 Å². The summed E-state index contributed by atoms with van der Waals surface area (Å²) in [6.07, 6.45) is 3.77. The molecule has 1 atom stereocenters. The highest BCUT2D eigenvalue weighted by Crippen LogP contribution is 1.96. The number of ether oxygens (including phenoxy) is 1. The molecule has 0 aliphatic heterocycles. The van der Waals surface area contributed by atoms with Gasteiger partial charge in [-0.05, 0) is 13.2 Å². The molecule has 1 unspecified atom stereocenters. The molecular weight excluding hydrogens is 174 g/mol. The summed E-state index contributed by atoms with van der Waals surface area (Å²) in [5.74, 6) is 0. The van der Waals surface area contributed by atoms with Gasteiger partial charge in [0.15, 0.2) is 11.4 Å². The number of hydrogen-bond acceptors (Lipinski definition) is 4. The van der Waals surface area contributed by atoms with Gasteiger partial charge in [-0.3, -0.25) is 10.3 Å². The molecule has 0 amide bonds. The van der Waals surface area contributed by atoms with E-state index in [9.17, 15) is 0 Å². The Morgan fingerprint density at radius 3 is 2.92 bits per heavy atom. The number of methoxy groups -OCH3 is 1. The Balaban J connectivity index is 3.86. The minimum Gasteiger partial charge on any atom is -0.380 e. The molecule has 0 rings (SSSR count). The topological polar surface area (TPSA) is 57.4 Å². The highest BCUT2D eigenvalue weighted by Gasteiger charge is 1.98. The van der Waals surface area contributed by atoms with Crippen LogP contribution in [0.4, 0.5) is 0 Å². The summed E-state index contributed by atoms with van der Waals surface area (Å²) in [5, 5.41) is 11.4. The fraction of sp³-hybridized carbons (Fsp3) is 0.714. The van der Waals surface area contributed by atoms with Gasteiger partial charge in [-0.25, -0.2) is 0 Å². The molecule has 0 bridgehead atoms. The van der Waals surface area contributed by atoms with Crippen molar-refractivity contribution in [3.8, 4) is 6.19 Å². The number of hydrogen-bond donors (Lipinski definition) is 1. The molecule has 0 spiro atoms. The van der Waals surface area contributed by atoms with Crippen LogP contribution in [0.25, 0.3) is 0 Å². The van der Waals surface area contributed by atoms with Crippen molar-refractivity contribution in [2.75, 3.05) is 19.9 Å². The molecule has 0 aromatic rings. The molecule has 0 heterocycles. The molecule has 5 heteroatoms. The van der Waals surface area contributed by atoms with Gasteiger partial charge in [-0.15, -0.1) is 0 Å². The van der Waals surface area contributed by atoms with E-state index >= 15 is 0 Å².